The molecule has 0 radical (unpaired) electrons. The van der Waals surface area contributed by atoms with Gasteiger partial charge >= 0.3 is 0 Å². The van der Waals surface area contributed by atoms with E-state index in [4.69, 9.17) is 5.73 Å². The molecule has 0 unspecified atom stereocenters. The van der Waals surface area contributed by atoms with E-state index in [9.17, 15) is 4.79 Å². The van der Waals surface area contributed by atoms with Gasteiger partial charge in [0.15, 0.2) is 0 Å². The smallest absolute Gasteiger partial charge is 0.248 e. The Morgan fingerprint density at radius 1 is 1.28 bits per heavy atom. The third-order valence-corrected chi connectivity index (χ3v) is 3.56. The lowest BCUT2D eigenvalue weighted by Gasteiger charge is -2.32. The van der Waals surface area contributed by atoms with Crippen LogP contribution in [0.1, 0.15) is 21.5 Å². The summed E-state index contributed by atoms with van der Waals surface area (Å²) in [5.74, 6) is -0.348. The Kier molecular flexibility index (Phi) is 3.99. The van der Waals surface area contributed by atoms with Crippen LogP contribution in [0.15, 0.2) is 18.2 Å². The molecule has 98 valence electrons. The maximum atomic E-state index is 11.2. The van der Waals surface area contributed by atoms with Gasteiger partial charge in [-0.2, -0.15) is 0 Å². The highest BCUT2D eigenvalue weighted by Crippen LogP contribution is 2.13. The molecule has 1 fully saturated rings. The van der Waals surface area contributed by atoms with E-state index in [0.717, 1.165) is 38.3 Å². The molecule has 0 aliphatic carbocycles. The normalized spacial score (nSPS) is 17.9. The summed E-state index contributed by atoms with van der Waals surface area (Å²) >= 11 is 0. The largest absolute Gasteiger partial charge is 0.366 e. The first kappa shape index (κ1) is 13.1. The number of carbonyl (C=O) groups is 1. The predicted molar refractivity (Wildman–Crippen MR) is 72.5 cm³/mol. The van der Waals surface area contributed by atoms with Crippen LogP contribution in [0.25, 0.3) is 0 Å². The average Bonchev–Trinajstić information content (AvgIpc) is 2.32. The van der Waals surface area contributed by atoms with Crippen LogP contribution >= 0.6 is 0 Å². The van der Waals surface area contributed by atoms with Gasteiger partial charge in [0.05, 0.1) is 0 Å². The molecular weight excluding hydrogens is 226 g/mol. The van der Waals surface area contributed by atoms with Crippen molar-refractivity contribution in [2.24, 2.45) is 5.73 Å². The summed E-state index contributed by atoms with van der Waals surface area (Å²) in [6.07, 6.45) is 0. The maximum Gasteiger partial charge on any atom is 0.248 e. The molecule has 0 bridgehead atoms. The Balaban J connectivity index is 2.02. The number of piperazine rings is 1. The molecule has 0 saturated carbocycles. The van der Waals surface area contributed by atoms with Gasteiger partial charge in [0.25, 0.3) is 0 Å². The Labute approximate surface area is 108 Å². The molecule has 1 aliphatic rings. The number of likely N-dealkylation sites (N-methyl/N-ethyl adjacent to an activating group) is 1. The lowest BCUT2D eigenvalue weighted by molar-refractivity contribution is 0.0999. The minimum absolute atomic E-state index is 0.348. The SMILES string of the molecule is Cc1cc(CN2CCN(C)CC2)ccc1C(N)=O. The van der Waals surface area contributed by atoms with Gasteiger partial charge in [-0.15, -0.1) is 0 Å². The van der Waals surface area contributed by atoms with Crippen molar-refractivity contribution >= 4 is 5.91 Å². The molecule has 4 nitrogen and oxygen atoms in total. The fourth-order valence-electron chi connectivity index (χ4n) is 2.36. The third-order valence-electron chi connectivity index (χ3n) is 3.56. The van der Waals surface area contributed by atoms with Crippen LogP contribution in [0.2, 0.25) is 0 Å². The van der Waals surface area contributed by atoms with Crippen LogP contribution < -0.4 is 5.73 Å². The van der Waals surface area contributed by atoms with Crippen LogP contribution in [0.5, 0.6) is 0 Å². The highest BCUT2D eigenvalue weighted by atomic mass is 16.1. The van der Waals surface area contributed by atoms with Crippen LogP contribution in [0, 0.1) is 6.92 Å². The second-order valence-corrected chi connectivity index (χ2v) is 5.09. The highest BCUT2D eigenvalue weighted by Gasteiger charge is 2.14. The van der Waals surface area contributed by atoms with Crippen molar-refractivity contribution in [3.63, 3.8) is 0 Å². The number of carbonyl (C=O) groups excluding carboxylic acids is 1. The van der Waals surface area contributed by atoms with E-state index in [-0.39, 0.29) is 5.91 Å². The second-order valence-electron chi connectivity index (χ2n) is 5.09. The zero-order valence-electron chi connectivity index (χ0n) is 11.1. The monoisotopic (exact) mass is 247 g/mol. The van der Waals surface area contributed by atoms with Gasteiger partial charge in [0, 0.05) is 38.3 Å². The molecular formula is C14H21N3O. The van der Waals surface area contributed by atoms with E-state index in [1.54, 1.807) is 0 Å². The van der Waals surface area contributed by atoms with E-state index in [2.05, 4.69) is 22.9 Å². The van der Waals surface area contributed by atoms with E-state index in [1.807, 2.05) is 19.1 Å². The summed E-state index contributed by atoms with van der Waals surface area (Å²) in [5, 5.41) is 0. The molecule has 4 heteroatoms. The van der Waals surface area contributed by atoms with Crippen molar-refractivity contribution in [1.82, 2.24) is 9.80 Å². The number of rotatable bonds is 3. The molecule has 1 saturated heterocycles. The van der Waals surface area contributed by atoms with Crippen LogP contribution in [-0.4, -0.2) is 48.9 Å². The first-order valence-corrected chi connectivity index (χ1v) is 6.36. The van der Waals surface area contributed by atoms with Gasteiger partial charge in [-0.1, -0.05) is 12.1 Å². The molecule has 0 atom stereocenters. The minimum Gasteiger partial charge on any atom is -0.366 e. The van der Waals surface area contributed by atoms with E-state index >= 15 is 0 Å². The molecule has 1 aromatic rings. The van der Waals surface area contributed by atoms with E-state index in [1.165, 1.54) is 5.56 Å². The van der Waals surface area contributed by atoms with Crippen molar-refractivity contribution in [1.29, 1.82) is 0 Å². The van der Waals surface area contributed by atoms with Gasteiger partial charge in [-0.25, -0.2) is 0 Å². The van der Waals surface area contributed by atoms with Crippen LogP contribution in [-0.2, 0) is 6.54 Å². The number of nitrogens with zero attached hydrogens (tertiary/aromatic N) is 2. The number of hydrogen-bond donors (Lipinski definition) is 1. The van der Waals surface area contributed by atoms with Gasteiger partial charge in [-0.3, -0.25) is 9.69 Å². The van der Waals surface area contributed by atoms with Crippen molar-refractivity contribution in [3.8, 4) is 0 Å². The topological polar surface area (TPSA) is 49.6 Å². The van der Waals surface area contributed by atoms with Gasteiger partial charge in [-0.05, 0) is 31.2 Å². The molecule has 2 N–H and O–H groups in total. The average molecular weight is 247 g/mol. The van der Waals surface area contributed by atoms with Crippen LogP contribution in [0.4, 0.5) is 0 Å². The van der Waals surface area contributed by atoms with Crippen molar-refractivity contribution in [2.75, 3.05) is 33.2 Å². The summed E-state index contributed by atoms with van der Waals surface area (Å²) in [4.78, 5) is 16.0. The third kappa shape index (κ3) is 3.09. The fraction of sp³-hybridized carbons (Fsp3) is 0.500. The minimum atomic E-state index is -0.348. The Bertz CT molecular complexity index is 437. The molecule has 1 aliphatic heterocycles. The van der Waals surface area contributed by atoms with E-state index in [0.29, 0.717) is 5.56 Å². The Hall–Kier alpha value is -1.39. The first-order chi connectivity index (χ1) is 8.56. The number of amides is 1. The van der Waals surface area contributed by atoms with Gasteiger partial charge < -0.3 is 10.6 Å². The van der Waals surface area contributed by atoms with Gasteiger partial charge in [0.2, 0.25) is 5.91 Å². The molecule has 1 aromatic carbocycles. The first-order valence-electron chi connectivity index (χ1n) is 6.36. The molecule has 2 rings (SSSR count). The summed E-state index contributed by atoms with van der Waals surface area (Å²) < 4.78 is 0. The molecule has 1 heterocycles. The number of primary amides is 1. The summed E-state index contributed by atoms with van der Waals surface area (Å²) in [7, 11) is 2.16. The lowest BCUT2D eigenvalue weighted by Crippen LogP contribution is -2.43. The Morgan fingerprint density at radius 2 is 1.94 bits per heavy atom. The van der Waals surface area contributed by atoms with Crippen molar-refractivity contribution in [3.05, 3.63) is 34.9 Å². The molecule has 0 spiro atoms. The van der Waals surface area contributed by atoms with Crippen LogP contribution in [0.3, 0.4) is 0 Å². The number of aryl methyl sites for hydroxylation is 1. The second kappa shape index (κ2) is 5.50. The summed E-state index contributed by atoms with van der Waals surface area (Å²) in [5.41, 5.74) is 8.15. The molecule has 1 amide bonds. The Morgan fingerprint density at radius 3 is 2.50 bits per heavy atom. The number of hydrogen-bond acceptors (Lipinski definition) is 3. The fourth-order valence-corrected chi connectivity index (χ4v) is 2.36. The summed E-state index contributed by atoms with van der Waals surface area (Å²) in [6, 6.07) is 5.91. The number of nitrogens with two attached hydrogens (primary N) is 1. The number of benzene rings is 1. The van der Waals surface area contributed by atoms with Crippen molar-refractivity contribution in [2.45, 2.75) is 13.5 Å². The predicted octanol–water partition coefficient (Wildman–Crippen LogP) is 0.841. The van der Waals surface area contributed by atoms with E-state index < -0.39 is 0 Å². The van der Waals surface area contributed by atoms with Gasteiger partial charge in [0.1, 0.15) is 0 Å². The quantitative estimate of drug-likeness (QED) is 0.861. The molecule has 18 heavy (non-hydrogen) atoms. The highest BCUT2D eigenvalue weighted by molar-refractivity contribution is 5.94. The van der Waals surface area contributed by atoms with Crippen molar-refractivity contribution < 1.29 is 4.79 Å². The zero-order chi connectivity index (χ0) is 13.1. The summed E-state index contributed by atoms with van der Waals surface area (Å²) in [6.45, 7) is 7.35. The lowest BCUT2D eigenvalue weighted by atomic mass is 10.0. The molecule has 0 aromatic heterocycles. The maximum absolute atomic E-state index is 11.2. The standard InChI is InChI=1S/C14H21N3O/c1-11-9-12(3-4-13(11)14(15)18)10-17-7-5-16(2)6-8-17/h3-4,9H,5-8,10H2,1-2H3,(H2,15,18). The zero-order valence-corrected chi connectivity index (χ0v) is 11.1.